The van der Waals surface area contributed by atoms with Crippen molar-refractivity contribution in [3.05, 3.63) is 0 Å². The van der Waals surface area contributed by atoms with Crippen LogP contribution in [0.15, 0.2) is 0 Å². The van der Waals surface area contributed by atoms with E-state index in [2.05, 4.69) is 62.8 Å². The van der Waals surface area contributed by atoms with Gasteiger partial charge in [-0.2, -0.15) is 0 Å². The molecule has 0 aromatic carbocycles. The summed E-state index contributed by atoms with van der Waals surface area (Å²) < 4.78 is 67.9. The van der Waals surface area contributed by atoms with Crippen LogP contribution in [-0.4, -0.2) is 54.8 Å². The lowest BCUT2D eigenvalue weighted by molar-refractivity contribution is -2.00. The molecule has 8 N–H and O–H groups in total. The Morgan fingerprint density at radius 3 is 1.10 bits per heavy atom. The highest BCUT2D eigenvalue weighted by molar-refractivity contribution is 4.75. The Morgan fingerprint density at radius 2 is 0.871 bits per heavy atom. The van der Waals surface area contributed by atoms with Gasteiger partial charge in [0.25, 0.3) is 0 Å². The zero-order valence-corrected chi connectivity index (χ0v) is 20.6. The number of nitrogens with one attached hydrogen (secondary N) is 2. The average Bonchev–Trinajstić information content (AvgIpc) is 2.43. The Balaban J connectivity index is -0.000000595. The van der Waals surface area contributed by atoms with Crippen LogP contribution >= 0.6 is 0 Å². The van der Waals surface area contributed by atoms with Gasteiger partial charge >= 0.3 is 0 Å². The predicted molar refractivity (Wildman–Crippen MR) is 89.5 cm³/mol. The third-order valence-electron chi connectivity index (χ3n) is 4.33. The van der Waals surface area contributed by atoms with E-state index in [0.29, 0.717) is 23.2 Å². The lowest BCUT2D eigenvalue weighted by Crippen LogP contribution is -2.97. The summed E-state index contributed by atoms with van der Waals surface area (Å²) in [5, 5.41) is 12.3. The van der Waals surface area contributed by atoms with Crippen molar-refractivity contribution in [2.45, 2.75) is 77.5 Å². The molecule has 192 valence electrons. The lowest BCUT2D eigenvalue weighted by atomic mass is 9.94. The quantitative estimate of drug-likeness (QED) is 0.242. The second kappa shape index (κ2) is 15.8. The first kappa shape index (κ1) is 35.6. The number of quaternary nitrogens is 2. The normalized spacial score (nSPS) is 25.4. The summed E-state index contributed by atoms with van der Waals surface area (Å²) in [5.41, 5.74) is 0.648. The van der Waals surface area contributed by atoms with Crippen LogP contribution in [-0.2, 0) is 0 Å². The molecule has 0 amide bonds. The molecular formula is C16H40Cl2N4O9. The van der Waals surface area contributed by atoms with E-state index >= 15 is 0 Å². The SMILES string of the molecule is C[C@H]1CC(C)(C)[NH2+]CCN[C@@H](C)CC(C)(C)[NH2+]CCN1.O.[O-][Cl+3]([O-])([O-])[O-].[O-][Cl+3]([O-])([O-])[O-]. The molecule has 0 unspecified atom stereocenters. The molecule has 0 radical (unpaired) electrons. The maximum Gasteiger partial charge on any atom is 0.0919 e. The van der Waals surface area contributed by atoms with Gasteiger partial charge in [0.15, 0.2) is 0 Å². The third-order valence-corrected chi connectivity index (χ3v) is 4.33. The summed E-state index contributed by atoms with van der Waals surface area (Å²) in [5.74, 6) is 0. The molecule has 0 saturated carbocycles. The summed E-state index contributed by atoms with van der Waals surface area (Å²) in [6, 6.07) is 1.18. The summed E-state index contributed by atoms with van der Waals surface area (Å²) in [4.78, 5) is 0. The van der Waals surface area contributed by atoms with E-state index in [4.69, 9.17) is 37.3 Å². The van der Waals surface area contributed by atoms with Gasteiger partial charge in [0.1, 0.15) is 0 Å². The zero-order valence-electron chi connectivity index (χ0n) is 19.1. The van der Waals surface area contributed by atoms with Gasteiger partial charge in [-0.3, -0.25) is 0 Å². The standard InChI is InChI=1S/C16H36N4.2ClHO4.H2O/c1-13-11-15(3,4)19-10-8-18-14(2)12-16(5,6)20-9-7-17-13;2*2-1(3,4)5;/h13-14,17-20H,7-12H2,1-6H3;2*(H,2,3,4,5);1H2/t13-,14-;;;/m0.../s1. The third kappa shape index (κ3) is 34.9. The fourth-order valence-electron chi connectivity index (χ4n) is 3.47. The van der Waals surface area contributed by atoms with Crippen molar-refractivity contribution in [1.82, 2.24) is 10.6 Å². The van der Waals surface area contributed by atoms with Crippen LogP contribution in [0.3, 0.4) is 0 Å². The van der Waals surface area contributed by atoms with Gasteiger partial charge in [-0.1, -0.05) is 0 Å². The molecule has 13 nitrogen and oxygen atoms in total. The van der Waals surface area contributed by atoms with Crippen LogP contribution < -0.4 is 58.5 Å². The molecule has 15 heteroatoms. The second-order valence-corrected chi connectivity index (χ2v) is 10.3. The molecule has 1 saturated heterocycles. The summed E-state index contributed by atoms with van der Waals surface area (Å²) in [6.07, 6.45) is 2.43. The molecule has 31 heavy (non-hydrogen) atoms. The van der Waals surface area contributed by atoms with Crippen LogP contribution in [0.5, 0.6) is 0 Å². The lowest BCUT2D eigenvalue weighted by Gasteiger charge is -2.30. The molecule has 0 aromatic rings. The molecule has 0 bridgehead atoms. The van der Waals surface area contributed by atoms with Crippen molar-refractivity contribution < 1.29 is 73.9 Å². The number of hydrogen-bond donors (Lipinski definition) is 4. The number of rotatable bonds is 0. The van der Waals surface area contributed by atoms with Crippen molar-refractivity contribution in [3.8, 4) is 0 Å². The van der Waals surface area contributed by atoms with E-state index in [0.717, 1.165) is 26.2 Å². The second-order valence-electron chi connectivity index (χ2n) is 8.84. The number of halogens is 2. The van der Waals surface area contributed by atoms with Gasteiger partial charge < -0.3 is 26.7 Å². The molecule has 1 heterocycles. The molecule has 0 aliphatic carbocycles. The van der Waals surface area contributed by atoms with E-state index in [1.54, 1.807) is 0 Å². The van der Waals surface area contributed by atoms with Gasteiger partial charge in [0.2, 0.25) is 0 Å². The Labute approximate surface area is 188 Å². The van der Waals surface area contributed by atoms with E-state index in [1.165, 1.54) is 12.8 Å². The first-order valence-corrected chi connectivity index (χ1v) is 12.1. The molecule has 1 rings (SSSR count). The highest BCUT2D eigenvalue weighted by Crippen LogP contribution is 2.07. The summed E-state index contributed by atoms with van der Waals surface area (Å²) >= 11 is 0. The van der Waals surface area contributed by atoms with Crippen LogP contribution in [0.2, 0.25) is 0 Å². The Hall–Kier alpha value is 0.0600. The fraction of sp³-hybridized carbons (Fsp3) is 1.00. The molecule has 1 fully saturated rings. The Kier molecular flexibility index (Phi) is 18.2. The minimum absolute atomic E-state index is 0. The van der Waals surface area contributed by atoms with Gasteiger partial charge in [-0.05, 0) is 41.5 Å². The summed E-state index contributed by atoms with van der Waals surface area (Å²) in [6.45, 7) is 18.6. The number of hydrogen-bond acceptors (Lipinski definition) is 10. The van der Waals surface area contributed by atoms with Crippen molar-refractivity contribution >= 4 is 0 Å². The zero-order chi connectivity index (χ0) is 24.2. The minimum Gasteiger partial charge on any atom is -0.412 e. The van der Waals surface area contributed by atoms with Crippen molar-refractivity contribution in [2.24, 2.45) is 0 Å². The van der Waals surface area contributed by atoms with Crippen molar-refractivity contribution in [2.75, 3.05) is 26.2 Å². The number of nitrogens with two attached hydrogens (primary N) is 2. The van der Waals surface area contributed by atoms with Crippen LogP contribution in [0, 0.1) is 20.5 Å². The largest absolute Gasteiger partial charge is 0.412 e. The van der Waals surface area contributed by atoms with E-state index < -0.39 is 20.5 Å². The first-order chi connectivity index (χ1) is 13.2. The monoisotopic (exact) mass is 502 g/mol. The van der Waals surface area contributed by atoms with Gasteiger partial charge in [-0.15, -0.1) is 20.5 Å². The molecule has 0 aromatic heterocycles. The predicted octanol–water partition coefficient (Wildman–Crippen LogP) is -10.9. The topological polar surface area (TPSA) is 273 Å². The van der Waals surface area contributed by atoms with Gasteiger partial charge in [0, 0.05) is 38.0 Å². The smallest absolute Gasteiger partial charge is 0.0919 e. The average molecular weight is 503 g/mol. The van der Waals surface area contributed by atoms with Crippen molar-refractivity contribution in [3.63, 3.8) is 0 Å². The van der Waals surface area contributed by atoms with E-state index in [-0.39, 0.29) is 5.48 Å². The van der Waals surface area contributed by atoms with E-state index in [9.17, 15) is 0 Å². The van der Waals surface area contributed by atoms with E-state index in [1.807, 2.05) is 0 Å². The molecule has 1 aliphatic heterocycles. The van der Waals surface area contributed by atoms with Crippen LogP contribution in [0.1, 0.15) is 54.4 Å². The van der Waals surface area contributed by atoms with Crippen LogP contribution in [0.25, 0.3) is 0 Å². The highest BCUT2D eigenvalue weighted by Gasteiger charge is 2.26. The highest BCUT2D eigenvalue weighted by atomic mass is 35.7. The molecular weight excluding hydrogens is 463 g/mol. The van der Waals surface area contributed by atoms with Crippen molar-refractivity contribution in [1.29, 1.82) is 0 Å². The molecule has 0 spiro atoms. The minimum atomic E-state index is -4.94. The molecule has 2 atom stereocenters. The van der Waals surface area contributed by atoms with Gasteiger partial charge in [-0.25, -0.2) is 37.3 Å². The summed E-state index contributed by atoms with van der Waals surface area (Å²) in [7, 11) is -9.89. The fourth-order valence-corrected chi connectivity index (χ4v) is 3.47. The first-order valence-electron chi connectivity index (χ1n) is 9.59. The maximum atomic E-state index is 8.49. The Morgan fingerprint density at radius 1 is 0.645 bits per heavy atom. The van der Waals surface area contributed by atoms with Crippen LogP contribution in [0.4, 0.5) is 0 Å². The Bertz CT molecular complexity index is 398. The maximum absolute atomic E-state index is 8.49. The van der Waals surface area contributed by atoms with Gasteiger partial charge in [0.05, 0.1) is 24.2 Å². The molecule has 1 aliphatic rings.